The summed E-state index contributed by atoms with van der Waals surface area (Å²) in [7, 11) is 1.96. The van der Waals surface area contributed by atoms with Crippen molar-refractivity contribution < 1.29 is 0 Å². The third kappa shape index (κ3) is 3.12. The van der Waals surface area contributed by atoms with Gasteiger partial charge in [0.15, 0.2) is 0 Å². The Hall–Kier alpha value is -0.170. The van der Waals surface area contributed by atoms with Crippen molar-refractivity contribution in [1.29, 1.82) is 0 Å². The molecule has 3 nitrogen and oxygen atoms in total. The van der Waals surface area contributed by atoms with Crippen molar-refractivity contribution in [2.24, 2.45) is 0 Å². The maximum absolute atomic E-state index is 4.38. The zero-order valence-corrected chi connectivity index (χ0v) is 15.4. The van der Waals surface area contributed by atoms with Crippen LogP contribution in [0.1, 0.15) is 24.2 Å². The van der Waals surface area contributed by atoms with E-state index in [4.69, 9.17) is 0 Å². The lowest BCUT2D eigenvalue weighted by molar-refractivity contribution is 0.560. The summed E-state index contributed by atoms with van der Waals surface area (Å²) in [5.41, 5.74) is 2.30. The van der Waals surface area contributed by atoms with E-state index in [1.165, 1.54) is 5.56 Å². The quantitative estimate of drug-likeness (QED) is 0.741. The Bertz CT molecular complexity index is 581. The van der Waals surface area contributed by atoms with Gasteiger partial charge in [0, 0.05) is 15.5 Å². The van der Waals surface area contributed by atoms with E-state index in [-0.39, 0.29) is 6.04 Å². The molecule has 1 unspecified atom stereocenters. The molecular weight excluding hydrogens is 438 g/mol. The van der Waals surface area contributed by atoms with Crippen molar-refractivity contribution in [3.05, 3.63) is 49.1 Å². The summed E-state index contributed by atoms with van der Waals surface area (Å²) in [6.07, 6.45) is 1.84. The van der Waals surface area contributed by atoms with Crippen molar-refractivity contribution in [3.63, 3.8) is 0 Å². The minimum atomic E-state index is 0.0729. The molecule has 1 aromatic heterocycles. The first-order valence-corrected chi connectivity index (χ1v) is 8.29. The number of rotatable bonds is 4. The van der Waals surface area contributed by atoms with Gasteiger partial charge in [-0.1, -0.05) is 31.9 Å². The summed E-state index contributed by atoms with van der Waals surface area (Å²) in [6, 6.07) is 6.25. The van der Waals surface area contributed by atoms with Crippen LogP contribution in [0, 0.1) is 0 Å². The van der Waals surface area contributed by atoms with E-state index in [1.807, 2.05) is 30.1 Å². The number of hydrogen-bond donors (Lipinski definition) is 1. The van der Waals surface area contributed by atoms with Crippen LogP contribution in [0.3, 0.4) is 0 Å². The fourth-order valence-corrected chi connectivity index (χ4v) is 3.47. The fraction of sp³-hybridized carbons (Fsp3) is 0.308. The van der Waals surface area contributed by atoms with Crippen molar-refractivity contribution in [2.45, 2.75) is 19.5 Å². The van der Waals surface area contributed by atoms with E-state index >= 15 is 0 Å². The Morgan fingerprint density at radius 3 is 2.63 bits per heavy atom. The molecule has 1 heterocycles. The van der Waals surface area contributed by atoms with Gasteiger partial charge in [-0.15, -0.1) is 0 Å². The van der Waals surface area contributed by atoms with E-state index in [2.05, 4.69) is 71.2 Å². The number of benzene rings is 1. The largest absolute Gasteiger partial charge is 0.308 e. The van der Waals surface area contributed by atoms with Crippen LogP contribution in [0.25, 0.3) is 0 Å². The van der Waals surface area contributed by atoms with Crippen LogP contribution in [0.4, 0.5) is 0 Å². The average Bonchev–Trinajstić information content (AvgIpc) is 2.76. The van der Waals surface area contributed by atoms with Crippen molar-refractivity contribution in [3.8, 4) is 0 Å². The van der Waals surface area contributed by atoms with Crippen LogP contribution >= 0.6 is 47.8 Å². The number of nitrogens with one attached hydrogen (secondary N) is 1. The zero-order valence-electron chi connectivity index (χ0n) is 10.6. The van der Waals surface area contributed by atoms with Crippen LogP contribution in [-0.4, -0.2) is 16.8 Å². The van der Waals surface area contributed by atoms with Crippen LogP contribution in [0.15, 0.2) is 37.8 Å². The van der Waals surface area contributed by atoms with Crippen LogP contribution in [0.5, 0.6) is 0 Å². The van der Waals surface area contributed by atoms with Gasteiger partial charge in [-0.3, -0.25) is 4.68 Å². The molecule has 1 N–H and O–H groups in total. The third-order valence-corrected chi connectivity index (χ3v) is 4.79. The SMILES string of the molecule is CCn1ncc(Br)c1C(NC)c1cc(Br)ccc1Br. The summed E-state index contributed by atoms with van der Waals surface area (Å²) in [6.45, 7) is 2.93. The molecule has 2 rings (SSSR count). The minimum Gasteiger partial charge on any atom is -0.308 e. The molecule has 0 aliphatic carbocycles. The molecule has 0 spiro atoms. The molecule has 6 heteroatoms. The average molecular weight is 452 g/mol. The maximum Gasteiger partial charge on any atom is 0.0768 e. The van der Waals surface area contributed by atoms with Gasteiger partial charge in [-0.05, 0) is 53.7 Å². The molecular formula is C13H14Br3N3. The molecule has 0 saturated heterocycles. The summed E-state index contributed by atoms with van der Waals surface area (Å²) < 4.78 is 5.15. The Morgan fingerprint density at radius 2 is 2.00 bits per heavy atom. The van der Waals surface area contributed by atoms with E-state index in [0.29, 0.717) is 0 Å². The first-order chi connectivity index (χ1) is 9.08. The van der Waals surface area contributed by atoms with Gasteiger partial charge in [0.25, 0.3) is 0 Å². The Balaban J connectivity index is 2.56. The van der Waals surface area contributed by atoms with Crippen molar-refractivity contribution in [1.82, 2.24) is 15.1 Å². The molecule has 0 aliphatic rings. The second-order valence-electron chi connectivity index (χ2n) is 4.08. The lowest BCUT2D eigenvalue weighted by Crippen LogP contribution is -2.22. The van der Waals surface area contributed by atoms with Crippen molar-refractivity contribution in [2.75, 3.05) is 7.05 Å². The molecule has 0 aliphatic heterocycles. The number of halogens is 3. The van der Waals surface area contributed by atoms with Crippen LogP contribution < -0.4 is 5.32 Å². The van der Waals surface area contributed by atoms with Gasteiger partial charge in [-0.2, -0.15) is 5.10 Å². The van der Waals surface area contributed by atoms with E-state index in [0.717, 1.165) is 25.7 Å². The topological polar surface area (TPSA) is 29.9 Å². The summed E-state index contributed by atoms with van der Waals surface area (Å²) in [4.78, 5) is 0. The predicted molar refractivity (Wildman–Crippen MR) is 88.3 cm³/mol. The molecule has 1 aromatic carbocycles. The highest BCUT2D eigenvalue weighted by atomic mass is 79.9. The summed E-state index contributed by atoms with van der Waals surface area (Å²) >= 11 is 10.7. The predicted octanol–water partition coefficient (Wildman–Crippen LogP) is 4.50. The Labute approximate surface area is 138 Å². The van der Waals surface area contributed by atoms with E-state index in [9.17, 15) is 0 Å². The number of nitrogens with zero attached hydrogens (tertiary/aromatic N) is 2. The van der Waals surface area contributed by atoms with Gasteiger partial charge in [0.2, 0.25) is 0 Å². The van der Waals surface area contributed by atoms with Gasteiger partial charge >= 0.3 is 0 Å². The highest BCUT2D eigenvalue weighted by Crippen LogP contribution is 2.34. The Kier molecular flexibility index (Phi) is 5.22. The first kappa shape index (κ1) is 15.2. The summed E-state index contributed by atoms with van der Waals surface area (Å²) in [5.74, 6) is 0. The molecule has 0 amide bonds. The molecule has 1 atom stereocenters. The Morgan fingerprint density at radius 1 is 1.26 bits per heavy atom. The second kappa shape index (κ2) is 6.52. The normalized spacial score (nSPS) is 12.7. The molecule has 102 valence electrons. The third-order valence-electron chi connectivity index (χ3n) is 2.96. The fourth-order valence-electron chi connectivity index (χ4n) is 2.09. The highest BCUT2D eigenvalue weighted by Gasteiger charge is 2.22. The van der Waals surface area contributed by atoms with Gasteiger partial charge in [0.05, 0.1) is 22.4 Å². The lowest BCUT2D eigenvalue weighted by atomic mass is 10.0. The molecule has 0 radical (unpaired) electrons. The molecule has 0 saturated carbocycles. The molecule has 19 heavy (non-hydrogen) atoms. The minimum absolute atomic E-state index is 0.0729. The summed E-state index contributed by atoms with van der Waals surface area (Å²) in [5, 5.41) is 7.75. The van der Waals surface area contributed by atoms with Crippen molar-refractivity contribution >= 4 is 47.8 Å². The lowest BCUT2D eigenvalue weighted by Gasteiger charge is -2.20. The van der Waals surface area contributed by atoms with Crippen LogP contribution in [0.2, 0.25) is 0 Å². The molecule has 2 aromatic rings. The highest BCUT2D eigenvalue weighted by molar-refractivity contribution is 9.11. The van der Waals surface area contributed by atoms with E-state index < -0.39 is 0 Å². The smallest absolute Gasteiger partial charge is 0.0768 e. The molecule has 0 bridgehead atoms. The molecule has 0 fully saturated rings. The standard InChI is InChI=1S/C13H14Br3N3/c1-3-19-13(11(16)7-18-19)12(17-2)9-6-8(14)4-5-10(9)15/h4-7,12,17H,3H2,1-2H3. The van der Waals surface area contributed by atoms with Gasteiger partial charge < -0.3 is 5.32 Å². The monoisotopic (exact) mass is 449 g/mol. The van der Waals surface area contributed by atoms with Crippen LogP contribution in [-0.2, 0) is 6.54 Å². The second-order valence-corrected chi connectivity index (χ2v) is 6.71. The van der Waals surface area contributed by atoms with Gasteiger partial charge in [-0.25, -0.2) is 0 Å². The number of hydrogen-bond acceptors (Lipinski definition) is 2. The van der Waals surface area contributed by atoms with Gasteiger partial charge in [0.1, 0.15) is 0 Å². The number of aryl methyl sites for hydroxylation is 1. The van der Waals surface area contributed by atoms with E-state index in [1.54, 1.807) is 0 Å². The first-order valence-electron chi connectivity index (χ1n) is 5.91. The zero-order chi connectivity index (χ0) is 14.0. The number of aromatic nitrogens is 2. The maximum atomic E-state index is 4.38.